The summed E-state index contributed by atoms with van der Waals surface area (Å²) in [6.45, 7) is 4.23. The van der Waals surface area contributed by atoms with E-state index in [4.69, 9.17) is 0 Å². The van der Waals surface area contributed by atoms with E-state index in [1.165, 1.54) is 0 Å². The Morgan fingerprint density at radius 1 is 1.00 bits per heavy atom. The molecule has 23 heavy (non-hydrogen) atoms. The monoisotopic (exact) mass is 310 g/mol. The number of rotatable bonds is 6. The van der Waals surface area contributed by atoms with Crippen LogP contribution in [0.25, 0.3) is 0 Å². The highest BCUT2D eigenvalue weighted by Gasteiger charge is 2.16. The molecule has 0 aliphatic carbocycles. The van der Waals surface area contributed by atoms with Crippen LogP contribution in [-0.4, -0.2) is 23.3 Å². The molecule has 4 heteroatoms. The second-order valence-corrected chi connectivity index (χ2v) is 5.45. The Morgan fingerprint density at radius 2 is 1.65 bits per heavy atom. The third-order valence-corrected chi connectivity index (χ3v) is 3.63. The zero-order valence-corrected chi connectivity index (χ0v) is 13.6. The lowest BCUT2D eigenvalue weighted by Gasteiger charge is -2.22. The van der Waals surface area contributed by atoms with Gasteiger partial charge in [-0.05, 0) is 24.1 Å². The van der Waals surface area contributed by atoms with Crippen molar-refractivity contribution in [3.63, 3.8) is 0 Å². The lowest BCUT2D eigenvalue weighted by atomic mass is 10.2. The maximum atomic E-state index is 12.3. The number of nitrogens with zero attached hydrogens (tertiary/aromatic N) is 1. The number of amides is 2. The van der Waals surface area contributed by atoms with Gasteiger partial charge in [0.05, 0.1) is 0 Å². The van der Waals surface area contributed by atoms with E-state index in [0.717, 1.165) is 16.8 Å². The third kappa shape index (κ3) is 4.95. The lowest BCUT2D eigenvalue weighted by Crippen LogP contribution is -2.37. The normalized spacial score (nSPS) is 10.2. The number of nitrogens with one attached hydrogen (secondary N) is 1. The first-order chi connectivity index (χ1) is 11.1. The van der Waals surface area contributed by atoms with Gasteiger partial charge in [-0.2, -0.15) is 0 Å². The van der Waals surface area contributed by atoms with E-state index in [0.29, 0.717) is 13.0 Å². The fourth-order valence-electron chi connectivity index (χ4n) is 2.34. The molecule has 0 saturated heterocycles. The van der Waals surface area contributed by atoms with Gasteiger partial charge in [0.25, 0.3) is 0 Å². The van der Waals surface area contributed by atoms with Crippen LogP contribution in [0.1, 0.15) is 24.5 Å². The van der Waals surface area contributed by atoms with Crippen molar-refractivity contribution in [2.45, 2.75) is 26.8 Å². The van der Waals surface area contributed by atoms with E-state index in [9.17, 15) is 9.59 Å². The van der Waals surface area contributed by atoms with Crippen LogP contribution in [0.3, 0.4) is 0 Å². The number of carbonyl (C=O) groups is 2. The summed E-state index contributed by atoms with van der Waals surface area (Å²) in [7, 11) is 0. The van der Waals surface area contributed by atoms with E-state index in [1.54, 1.807) is 11.8 Å². The fraction of sp³-hybridized carbons (Fsp3) is 0.263. The molecule has 0 aliphatic heterocycles. The van der Waals surface area contributed by atoms with E-state index < -0.39 is 0 Å². The number of hydrogen-bond acceptors (Lipinski definition) is 2. The summed E-state index contributed by atoms with van der Waals surface area (Å²) in [5, 5.41) is 2.87. The number of anilines is 1. The maximum Gasteiger partial charge on any atom is 0.244 e. The van der Waals surface area contributed by atoms with E-state index >= 15 is 0 Å². The second-order valence-electron chi connectivity index (χ2n) is 5.45. The van der Waals surface area contributed by atoms with Crippen molar-refractivity contribution in [1.82, 2.24) is 4.90 Å². The quantitative estimate of drug-likeness (QED) is 0.889. The molecule has 120 valence electrons. The summed E-state index contributed by atoms with van der Waals surface area (Å²) in [6.07, 6.45) is 0.379. The topological polar surface area (TPSA) is 49.4 Å². The van der Waals surface area contributed by atoms with Gasteiger partial charge in [0.1, 0.15) is 6.54 Å². The van der Waals surface area contributed by atoms with Crippen molar-refractivity contribution in [2.75, 3.05) is 11.9 Å². The van der Waals surface area contributed by atoms with Crippen molar-refractivity contribution in [3.05, 3.63) is 65.7 Å². The minimum Gasteiger partial charge on any atom is -0.329 e. The summed E-state index contributed by atoms with van der Waals surface area (Å²) in [4.78, 5) is 26.0. The molecular weight excluding hydrogens is 288 g/mol. The van der Waals surface area contributed by atoms with Crippen LogP contribution >= 0.6 is 0 Å². The van der Waals surface area contributed by atoms with Gasteiger partial charge in [-0.1, -0.05) is 55.5 Å². The van der Waals surface area contributed by atoms with Gasteiger partial charge in [0.2, 0.25) is 11.8 Å². The Hall–Kier alpha value is -2.62. The summed E-state index contributed by atoms with van der Waals surface area (Å²) in [6, 6.07) is 17.3. The van der Waals surface area contributed by atoms with E-state index in [2.05, 4.69) is 5.32 Å². The molecule has 0 atom stereocenters. The molecule has 0 saturated carbocycles. The smallest absolute Gasteiger partial charge is 0.244 e. The minimum absolute atomic E-state index is 0.0335. The molecule has 0 fully saturated rings. The summed E-state index contributed by atoms with van der Waals surface area (Å²) in [5.74, 6) is -0.217. The van der Waals surface area contributed by atoms with Crippen LogP contribution in [0.5, 0.6) is 0 Å². The van der Waals surface area contributed by atoms with Gasteiger partial charge in [0, 0.05) is 18.7 Å². The Bertz CT molecular complexity index is 668. The molecule has 0 radical (unpaired) electrons. The van der Waals surface area contributed by atoms with Crippen LogP contribution in [0.2, 0.25) is 0 Å². The zero-order valence-electron chi connectivity index (χ0n) is 13.6. The number of carbonyl (C=O) groups excluding carboxylic acids is 2. The Balaban J connectivity index is 2.04. The molecule has 0 bridgehead atoms. The Morgan fingerprint density at radius 3 is 2.30 bits per heavy atom. The van der Waals surface area contributed by atoms with Gasteiger partial charge < -0.3 is 10.2 Å². The van der Waals surface area contributed by atoms with Crippen LogP contribution in [-0.2, 0) is 16.1 Å². The van der Waals surface area contributed by atoms with Gasteiger partial charge in [-0.3, -0.25) is 9.59 Å². The summed E-state index contributed by atoms with van der Waals surface area (Å²) in [5.41, 5.74) is 2.79. The van der Waals surface area contributed by atoms with Gasteiger partial charge >= 0.3 is 0 Å². The van der Waals surface area contributed by atoms with E-state index in [1.807, 2.05) is 61.5 Å². The number of aryl methyl sites for hydroxylation is 1. The van der Waals surface area contributed by atoms with Crippen LogP contribution in [0, 0.1) is 6.92 Å². The average molecular weight is 310 g/mol. The van der Waals surface area contributed by atoms with Crippen molar-refractivity contribution < 1.29 is 9.59 Å². The largest absolute Gasteiger partial charge is 0.329 e. The molecule has 0 unspecified atom stereocenters. The molecule has 1 N–H and O–H groups in total. The Kier molecular flexibility index (Phi) is 5.92. The molecule has 4 nitrogen and oxygen atoms in total. The third-order valence-electron chi connectivity index (χ3n) is 3.63. The number of benzene rings is 2. The molecule has 2 aromatic carbocycles. The zero-order chi connectivity index (χ0) is 16.7. The predicted molar refractivity (Wildman–Crippen MR) is 92.0 cm³/mol. The lowest BCUT2D eigenvalue weighted by molar-refractivity contribution is -0.135. The highest BCUT2D eigenvalue weighted by atomic mass is 16.2. The summed E-state index contributed by atoms with van der Waals surface area (Å²) >= 11 is 0. The van der Waals surface area contributed by atoms with Gasteiger partial charge in [0.15, 0.2) is 0 Å². The second kappa shape index (κ2) is 8.13. The van der Waals surface area contributed by atoms with E-state index in [-0.39, 0.29) is 18.4 Å². The Labute approximate surface area is 137 Å². The van der Waals surface area contributed by atoms with Crippen LogP contribution < -0.4 is 5.32 Å². The molecule has 0 spiro atoms. The average Bonchev–Trinajstić information content (AvgIpc) is 2.56. The number of para-hydroxylation sites is 1. The van der Waals surface area contributed by atoms with Crippen molar-refractivity contribution in [1.29, 1.82) is 0 Å². The minimum atomic E-state index is -0.183. The predicted octanol–water partition coefficient (Wildman–Crippen LogP) is 3.37. The molecule has 2 aromatic rings. The number of hydrogen-bond donors (Lipinski definition) is 1. The van der Waals surface area contributed by atoms with Gasteiger partial charge in [-0.15, -0.1) is 0 Å². The van der Waals surface area contributed by atoms with Crippen LogP contribution in [0.4, 0.5) is 5.69 Å². The first kappa shape index (κ1) is 16.7. The van der Waals surface area contributed by atoms with Crippen molar-refractivity contribution >= 4 is 17.5 Å². The molecule has 0 aromatic heterocycles. The first-order valence-electron chi connectivity index (χ1n) is 7.77. The summed E-state index contributed by atoms with van der Waals surface area (Å²) < 4.78 is 0. The van der Waals surface area contributed by atoms with Crippen molar-refractivity contribution in [3.8, 4) is 0 Å². The van der Waals surface area contributed by atoms with Crippen LogP contribution in [0.15, 0.2) is 54.6 Å². The SMILES string of the molecule is CCC(=O)N(CC(=O)Nc1ccccc1C)Cc1ccccc1. The molecule has 0 heterocycles. The fourth-order valence-corrected chi connectivity index (χ4v) is 2.34. The molecular formula is C19H22N2O2. The van der Waals surface area contributed by atoms with Gasteiger partial charge in [-0.25, -0.2) is 0 Å². The van der Waals surface area contributed by atoms with Crippen molar-refractivity contribution in [2.24, 2.45) is 0 Å². The highest BCUT2D eigenvalue weighted by Crippen LogP contribution is 2.13. The first-order valence-corrected chi connectivity index (χ1v) is 7.77. The molecule has 2 amide bonds. The maximum absolute atomic E-state index is 12.3. The molecule has 2 rings (SSSR count). The standard InChI is InChI=1S/C19H22N2O2/c1-3-19(23)21(13-16-10-5-4-6-11-16)14-18(22)20-17-12-8-7-9-15(17)2/h4-12H,3,13-14H2,1-2H3,(H,20,22). The highest BCUT2D eigenvalue weighted by molar-refractivity contribution is 5.95. The molecule has 0 aliphatic rings.